The summed E-state index contributed by atoms with van der Waals surface area (Å²) >= 11 is 5.92. The summed E-state index contributed by atoms with van der Waals surface area (Å²) in [6.45, 7) is 2.04. The van der Waals surface area contributed by atoms with Crippen LogP contribution >= 0.6 is 11.6 Å². The highest BCUT2D eigenvalue weighted by atomic mass is 35.5. The maximum absolute atomic E-state index is 9.85. The van der Waals surface area contributed by atoms with Gasteiger partial charge in [-0.25, -0.2) is 0 Å². The summed E-state index contributed by atoms with van der Waals surface area (Å²) in [5.74, 6) is 0.891. The van der Waals surface area contributed by atoms with E-state index in [2.05, 4.69) is 10.1 Å². The first-order valence-electron chi connectivity index (χ1n) is 6.49. The highest BCUT2D eigenvalue weighted by Gasteiger charge is 2.14. The number of rotatable bonds is 3. The minimum absolute atomic E-state index is 0.0606. The molecule has 1 aromatic heterocycles. The lowest BCUT2D eigenvalue weighted by atomic mass is 10.1. The minimum Gasteiger partial charge on any atom is -0.507 e. The molecule has 0 saturated heterocycles. The molecule has 0 fully saturated rings. The molecule has 1 N–H and O–H groups in total. The van der Waals surface area contributed by atoms with Crippen molar-refractivity contribution in [3.8, 4) is 17.2 Å². The normalized spacial score (nSPS) is 10.8. The number of phenols is 1. The lowest BCUT2D eigenvalue weighted by Gasteiger charge is -2.01. The number of nitrogens with zero attached hydrogens (tertiary/aromatic N) is 2. The van der Waals surface area contributed by atoms with Gasteiger partial charge in [-0.15, -0.1) is 0 Å². The van der Waals surface area contributed by atoms with E-state index in [1.807, 2.05) is 31.2 Å². The van der Waals surface area contributed by atoms with E-state index in [1.54, 1.807) is 12.1 Å². The maximum Gasteiger partial charge on any atom is 0.261 e. The number of aryl methyl sites for hydroxylation is 1. The number of hydrogen-bond acceptors (Lipinski definition) is 4. The Labute approximate surface area is 127 Å². The van der Waals surface area contributed by atoms with Crippen LogP contribution in [-0.4, -0.2) is 15.2 Å². The molecule has 0 radical (unpaired) electrons. The van der Waals surface area contributed by atoms with E-state index < -0.39 is 0 Å². The summed E-state index contributed by atoms with van der Waals surface area (Å²) in [7, 11) is 0. The van der Waals surface area contributed by atoms with Crippen LogP contribution in [0, 0.1) is 6.92 Å². The number of aromatic nitrogens is 2. The predicted molar refractivity (Wildman–Crippen MR) is 80.4 cm³/mol. The zero-order valence-corrected chi connectivity index (χ0v) is 12.1. The van der Waals surface area contributed by atoms with E-state index in [0.29, 0.717) is 22.8 Å². The zero-order chi connectivity index (χ0) is 14.8. The van der Waals surface area contributed by atoms with Crippen LogP contribution in [0.4, 0.5) is 0 Å². The standard InChI is InChI=1S/C16H13ClN2O2/c1-10-4-2-3-5-11(10)8-15-18-16(21-19-15)13-9-12(17)6-7-14(13)20/h2-7,9,20H,8H2,1H3. The molecule has 5 heteroatoms. The average molecular weight is 301 g/mol. The molecule has 3 aromatic rings. The first-order valence-corrected chi connectivity index (χ1v) is 6.87. The third-order valence-corrected chi connectivity index (χ3v) is 3.50. The molecule has 0 atom stereocenters. The molecule has 4 nitrogen and oxygen atoms in total. The minimum atomic E-state index is 0.0606. The molecule has 21 heavy (non-hydrogen) atoms. The van der Waals surface area contributed by atoms with Gasteiger partial charge in [0.15, 0.2) is 5.82 Å². The SMILES string of the molecule is Cc1ccccc1Cc1noc(-c2cc(Cl)ccc2O)n1. The number of benzene rings is 2. The molecule has 0 bridgehead atoms. The van der Waals surface area contributed by atoms with Gasteiger partial charge in [0.2, 0.25) is 0 Å². The van der Waals surface area contributed by atoms with Gasteiger partial charge in [-0.1, -0.05) is 41.0 Å². The van der Waals surface area contributed by atoms with Gasteiger partial charge in [0.25, 0.3) is 5.89 Å². The second-order valence-electron chi connectivity index (χ2n) is 4.78. The number of phenolic OH excluding ortho intramolecular Hbond substituents is 1. The van der Waals surface area contributed by atoms with Gasteiger partial charge in [0.1, 0.15) is 5.75 Å². The molecule has 0 amide bonds. The lowest BCUT2D eigenvalue weighted by Crippen LogP contribution is -1.93. The average Bonchev–Trinajstić information content (AvgIpc) is 2.92. The van der Waals surface area contributed by atoms with Crippen molar-refractivity contribution in [1.29, 1.82) is 0 Å². The lowest BCUT2D eigenvalue weighted by molar-refractivity contribution is 0.418. The molecule has 0 aliphatic rings. The summed E-state index contributed by atoms with van der Waals surface area (Å²) in [5, 5.41) is 14.3. The van der Waals surface area contributed by atoms with Crippen LogP contribution in [0.15, 0.2) is 47.0 Å². The zero-order valence-electron chi connectivity index (χ0n) is 11.4. The Bertz CT molecular complexity index is 783. The molecule has 106 valence electrons. The fourth-order valence-electron chi connectivity index (χ4n) is 2.09. The third kappa shape index (κ3) is 2.90. The van der Waals surface area contributed by atoms with Crippen molar-refractivity contribution < 1.29 is 9.63 Å². The molecule has 0 aliphatic heterocycles. The van der Waals surface area contributed by atoms with Crippen molar-refractivity contribution in [2.75, 3.05) is 0 Å². The van der Waals surface area contributed by atoms with Crippen molar-refractivity contribution in [3.63, 3.8) is 0 Å². The van der Waals surface area contributed by atoms with E-state index in [0.717, 1.165) is 5.56 Å². The quantitative estimate of drug-likeness (QED) is 0.794. The van der Waals surface area contributed by atoms with Gasteiger partial charge in [-0.05, 0) is 36.2 Å². The van der Waals surface area contributed by atoms with E-state index >= 15 is 0 Å². The Hall–Kier alpha value is -2.33. The fraction of sp³-hybridized carbons (Fsp3) is 0.125. The van der Waals surface area contributed by atoms with Crippen LogP contribution < -0.4 is 0 Å². The second kappa shape index (κ2) is 5.58. The van der Waals surface area contributed by atoms with E-state index in [1.165, 1.54) is 11.6 Å². The topological polar surface area (TPSA) is 59.2 Å². The Kier molecular flexibility index (Phi) is 3.62. The Balaban J connectivity index is 1.90. The van der Waals surface area contributed by atoms with Gasteiger partial charge >= 0.3 is 0 Å². The van der Waals surface area contributed by atoms with E-state index in [-0.39, 0.29) is 11.6 Å². The van der Waals surface area contributed by atoms with Crippen molar-refractivity contribution in [1.82, 2.24) is 10.1 Å². The van der Waals surface area contributed by atoms with Crippen LogP contribution in [0.3, 0.4) is 0 Å². The van der Waals surface area contributed by atoms with Gasteiger partial charge in [0.05, 0.1) is 5.56 Å². The molecule has 1 heterocycles. The summed E-state index contributed by atoms with van der Waals surface area (Å²) in [6, 6.07) is 12.7. The predicted octanol–water partition coefficient (Wildman–Crippen LogP) is 3.99. The van der Waals surface area contributed by atoms with E-state index in [4.69, 9.17) is 16.1 Å². The van der Waals surface area contributed by atoms with Gasteiger partial charge in [-0.3, -0.25) is 0 Å². The molecular formula is C16H13ClN2O2. The first-order chi connectivity index (χ1) is 10.1. The Morgan fingerprint density at radius 2 is 2.00 bits per heavy atom. The highest BCUT2D eigenvalue weighted by molar-refractivity contribution is 6.30. The molecule has 2 aromatic carbocycles. The van der Waals surface area contributed by atoms with Crippen molar-refractivity contribution in [3.05, 3.63) is 64.4 Å². The number of aromatic hydroxyl groups is 1. The van der Waals surface area contributed by atoms with Crippen LogP contribution in [0.2, 0.25) is 5.02 Å². The molecule has 3 rings (SSSR count). The third-order valence-electron chi connectivity index (χ3n) is 3.27. The van der Waals surface area contributed by atoms with Gasteiger partial charge in [-0.2, -0.15) is 4.98 Å². The summed E-state index contributed by atoms with van der Waals surface area (Å²) < 4.78 is 5.22. The Morgan fingerprint density at radius 3 is 2.81 bits per heavy atom. The number of hydrogen-bond donors (Lipinski definition) is 1. The van der Waals surface area contributed by atoms with Crippen molar-refractivity contribution in [2.24, 2.45) is 0 Å². The van der Waals surface area contributed by atoms with E-state index in [9.17, 15) is 5.11 Å². The van der Waals surface area contributed by atoms with Crippen LogP contribution in [0.5, 0.6) is 5.75 Å². The largest absolute Gasteiger partial charge is 0.507 e. The molecule has 0 aliphatic carbocycles. The summed E-state index contributed by atoms with van der Waals surface area (Å²) in [4.78, 5) is 4.32. The molecule has 0 saturated carbocycles. The highest BCUT2D eigenvalue weighted by Crippen LogP contribution is 2.30. The van der Waals surface area contributed by atoms with Crippen molar-refractivity contribution >= 4 is 11.6 Å². The van der Waals surface area contributed by atoms with Crippen LogP contribution in [0.1, 0.15) is 17.0 Å². The summed E-state index contributed by atoms with van der Waals surface area (Å²) in [5.41, 5.74) is 2.75. The molecule has 0 spiro atoms. The Morgan fingerprint density at radius 1 is 1.19 bits per heavy atom. The monoisotopic (exact) mass is 300 g/mol. The smallest absolute Gasteiger partial charge is 0.261 e. The molecule has 0 unspecified atom stereocenters. The van der Waals surface area contributed by atoms with Crippen LogP contribution in [0.25, 0.3) is 11.5 Å². The number of halogens is 1. The van der Waals surface area contributed by atoms with Gasteiger partial charge in [0, 0.05) is 11.4 Å². The fourth-order valence-corrected chi connectivity index (χ4v) is 2.27. The maximum atomic E-state index is 9.85. The second-order valence-corrected chi connectivity index (χ2v) is 5.22. The summed E-state index contributed by atoms with van der Waals surface area (Å²) in [6.07, 6.45) is 0.581. The van der Waals surface area contributed by atoms with Crippen LogP contribution in [-0.2, 0) is 6.42 Å². The van der Waals surface area contributed by atoms with Crippen molar-refractivity contribution in [2.45, 2.75) is 13.3 Å². The molecular weight excluding hydrogens is 288 g/mol. The van der Waals surface area contributed by atoms with Gasteiger partial charge < -0.3 is 9.63 Å². The first kappa shape index (κ1) is 13.6.